The molecule has 0 aliphatic rings. The van der Waals surface area contributed by atoms with E-state index in [1.54, 1.807) is 12.1 Å². The second-order valence-corrected chi connectivity index (χ2v) is 11.8. The van der Waals surface area contributed by atoms with Crippen LogP contribution in [0.3, 0.4) is 0 Å². The molecule has 2 amide bonds. The molecule has 3 aromatic carbocycles. The summed E-state index contributed by atoms with van der Waals surface area (Å²) in [5.41, 5.74) is 1.89. The Balaban J connectivity index is 2.06. The lowest BCUT2D eigenvalue weighted by atomic mass is 10.1. The van der Waals surface area contributed by atoms with Crippen LogP contribution >= 0.6 is 23.2 Å². The second kappa shape index (κ2) is 13.8. The third-order valence-corrected chi connectivity index (χ3v) is 8.74. The highest BCUT2D eigenvalue weighted by atomic mass is 35.5. The lowest BCUT2D eigenvalue weighted by Crippen LogP contribution is -2.52. The summed E-state index contributed by atoms with van der Waals surface area (Å²) in [7, 11) is -4.19. The van der Waals surface area contributed by atoms with Gasteiger partial charge in [0.1, 0.15) is 12.6 Å². The van der Waals surface area contributed by atoms with E-state index >= 15 is 0 Å². The summed E-state index contributed by atoms with van der Waals surface area (Å²) in [5.74, 6) is -0.815. The number of benzene rings is 3. The Labute approximate surface area is 240 Å². The van der Waals surface area contributed by atoms with Crippen LogP contribution in [0, 0.1) is 6.92 Å². The van der Waals surface area contributed by atoms with E-state index in [0.29, 0.717) is 13.0 Å². The Morgan fingerprint density at radius 3 is 2.18 bits per heavy atom. The monoisotopic (exact) mass is 589 g/mol. The fourth-order valence-corrected chi connectivity index (χ4v) is 5.77. The minimum Gasteiger partial charge on any atom is -0.354 e. The van der Waals surface area contributed by atoms with Crippen molar-refractivity contribution in [3.05, 3.63) is 94.0 Å². The summed E-state index contributed by atoms with van der Waals surface area (Å²) in [6.45, 7) is 5.68. The van der Waals surface area contributed by atoms with Crippen molar-refractivity contribution in [2.45, 2.75) is 51.1 Å². The molecule has 0 fully saturated rings. The van der Waals surface area contributed by atoms with Gasteiger partial charge < -0.3 is 10.2 Å². The fraction of sp³-hybridized carbons (Fsp3) is 0.310. The Hall–Kier alpha value is -3.07. The topological polar surface area (TPSA) is 86.8 Å². The molecule has 0 unspecified atom stereocenters. The van der Waals surface area contributed by atoms with E-state index in [1.807, 2.05) is 51.1 Å². The molecule has 208 valence electrons. The van der Waals surface area contributed by atoms with Crippen molar-refractivity contribution < 1.29 is 18.0 Å². The van der Waals surface area contributed by atoms with Gasteiger partial charge in [-0.2, -0.15) is 0 Å². The Kier molecular flexibility index (Phi) is 10.8. The minimum atomic E-state index is -4.19. The number of hydrogen-bond acceptors (Lipinski definition) is 4. The van der Waals surface area contributed by atoms with Gasteiger partial charge in [0.2, 0.25) is 11.8 Å². The van der Waals surface area contributed by atoms with Crippen LogP contribution < -0.4 is 9.62 Å². The highest BCUT2D eigenvalue weighted by molar-refractivity contribution is 7.92. The van der Waals surface area contributed by atoms with Gasteiger partial charge in [0.25, 0.3) is 10.0 Å². The molecule has 0 radical (unpaired) electrons. The van der Waals surface area contributed by atoms with Gasteiger partial charge in [-0.3, -0.25) is 13.9 Å². The lowest BCUT2D eigenvalue weighted by Gasteiger charge is -2.33. The third kappa shape index (κ3) is 7.75. The molecule has 39 heavy (non-hydrogen) atoms. The first-order valence-corrected chi connectivity index (χ1v) is 14.9. The number of carbonyl (C=O) groups is 2. The van der Waals surface area contributed by atoms with E-state index in [1.165, 1.54) is 35.2 Å². The molecule has 0 spiro atoms. The average molecular weight is 591 g/mol. The number of anilines is 1. The first kappa shape index (κ1) is 30.5. The van der Waals surface area contributed by atoms with Crippen molar-refractivity contribution in [2.75, 3.05) is 17.4 Å². The summed E-state index contributed by atoms with van der Waals surface area (Å²) in [4.78, 5) is 28.5. The standard InChI is InChI=1S/C29H33Cl2N3O4S/c1-4-17-32-29(36)27(5-2)33(19-22-9-7-6-8-10-22)28(35)20-34(23-13-16-25(30)26(31)18-23)39(37,38)24-14-11-21(3)12-15-24/h6-16,18,27H,4-5,17,19-20H2,1-3H3,(H,32,36)/t27-/m0/s1. The van der Waals surface area contributed by atoms with Crippen molar-refractivity contribution in [1.29, 1.82) is 0 Å². The highest BCUT2D eigenvalue weighted by Gasteiger charge is 2.33. The minimum absolute atomic E-state index is 0.0225. The molecule has 10 heteroatoms. The quantitative estimate of drug-likeness (QED) is 0.288. The summed E-state index contributed by atoms with van der Waals surface area (Å²) in [5, 5.41) is 3.27. The van der Waals surface area contributed by atoms with Gasteiger partial charge in [0.15, 0.2) is 0 Å². The Morgan fingerprint density at radius 2 is 1.59 bits per heavy atom. The van der Waals surface area contributed by atoms with E-state index in [4.69, 9.17) is 23.2 Å². The summed E-state index contributed by atoms with van der Waals surface area (Å²) >= 11 is 12.3. The summed E-state index contributed by atoms with van der Waals surface area (Å²) in [6.07, 6.45) is 1.10. The molecule has 0 heterocycles. The van der Waals surface area contributed by atoms with Crippen LogP contribution in [0.25, 0.3) is 0 Å². The molecular formula is C29H33Cl2N3O4S. The van der Waals surface area contributed by atoms with Crippen LogP contribution in [0.5, 0.6) is 0 Å². The van der Waals surface area contributed by atoms with Gasteiger partial charge in [-0.05, 0) is 55.7 Å². The third-order valence-electron chi connectivity index (χ3n) is 6.21. The van der Waals surface area contributed by atoms with E-state index in [0.717, 1.165) is 21.9 Å². The lowest BCUT2D eigenvalue weighted by molar-refractivity contribution is -0.140. The molecule has 0 bridgehead atoms. The molecule has 3 rings (SSSR count). The number of amides is 2. The van der Waals surface area contributed by atoms with Crippen LogP contribution in [0.1, 0.15) is 37.8 Å². The van der Waals surface area contributed by atoms with Crippen molar-refractivity contribution in [3.8, 4) is 0 Å². The number of hydrogen-bond donors (Lipinski definition) is 1. The molecule has 0 aromatic heterocycles. The van der Waals surface area contributed by atoms with Crippen molar-refractivity contribution in [3.63, 3.8) is 0 Å². The number of nitrogens with zero attached hydrogens (tertiary/aromatic N) is 2. The number of halogens is 2. The van der Waals surface area contributed by atoms with Crippen LogP contribution in [0.4, 0.5) is 5.69 Å². The number of aryl methyl sites for hydroxylation is 1. The van der Waals surface area contributed by atoms with Crippen molar-refractivity contribution >= 4 is 50.7 Å². The van der Waals surface area contributed by atoms with Gasteiger partial charge >= 0.3 is 0 Å². The van der Waals surface area contributed by atoms with E-state index in [9.17, 15) is 18.0 Å². The van der Waals surface area contributed by atoms with Crippen LogP contribution in [-0.4, -0.2) is 44.3 Å². The summed E-state index contributed by atoms with van der Waals surface area (Å²) < 4.78 is 28.8. The second-order valence-electron chi connectivity index (χ2n) is 9.15. The molecule has 1 atom stereocenters. The molecular weight excluding hydrogens is 557 g/mol. The number of nitrogens with one attached hydrogen (secondary N) is 1. The predicted molar refractivity (Wildman–Crippen MR) is 157 cm³/mol. The predicted octanol–water partition coefficient (Wildman–Crippen LogP) is 5.83. The van der Waals surface area contributed by atoms with Gasteiger partial charge in [-0.15, -0.1) is 0 Å². The maximum absolute atomic E-state index is 14.0. The van der Waals surface area contributed by atoms with Crippen LogP contribution in [0.15, 0.2) is 77.7 Å². The van der Waals surface area contributed by atoms with Crippen LogP contribution in [-0.2, 0) is 26.2 Å². The maximum Gasteiger partial charge on any atom is 0.264 e. The molecule has 7 nitrogen and oxygen atoms in total. The SMILES string of the molecule is CCCNC(=O)[C@H](CC)N(Cc1ccccc1)C(=O)CN(c1ccc(Cl)c(Cl)c1)S(=O)(=O)c1ccc(C)cc1. The maximum atomic E-state index is 14.0. The van der Waals surface area contributed by atoms with Gasteiger partial charge in [-0.25, -0.2) is 8.42 Å². The van der Waals surface area contributed by atoms with Crippen LogP contribution in [0.2, 0.25) is 10.0 Å². The first-order valence-electron chi connectivity index (χ1n) is 12.7. The molecule has 0 aliphatic carbocycles. The highest BCUT2D eigenvalue weighted by Crippen LogP contribution is 2.31. The zero-order valence-corrected chi connectivity index (χ0v) is 24.6. The molecule has 0 saturated carbocycles. The molecule has 3 aromatic rings. The van der Waals surface area contributed by atoms with Gasteiger partial charge in [0.05, 0.1) is 20.6 Å². The zero-order chi connectivity index (χ0) is 28.6. The first-order chi connectivity index (χ1) is 18.6. The summed E-state index contributed by atoms with van der Waals surface area (Å²) in [6, 6.07) is 19.2. The normalized spacial score (nSPS) is 12.0. The van der Waals surface area contributed by atoms with Crippen molar-refractivity contribution in [1.82, 2.24) is 10.2 Å². The molecule has 1 N–H and O–H groups in total. The van der Waals surface area contributed by atoms with Gasteiger partial charge in [0, 0.05) is 13.1 Å². The number of carbonyl (C=O) groups excluding carboxylic acids is 2. The Morgan fingerprint density at radius 1 is 0.923 bits per heavy atom. The van der Waals surface area contributed by atoms with E-state index in [2.05, 4.69) is 5.32 Å². The average Bonchev–Trinajstić information content (AvgIpc) is 2.92. The number of sulfonamides is 1. The van der Waals surface area contributed by atoms with Crippen molar-refractivity contribution in [2.24, 2.45) is 0 Å². The Bertz CT molecular complexity index is 1380. The zero-order valence-electron chi connectivity index (χ0n) is 22.2. The van der Waals surface area contributed by atoms with E-state index < -0.39 is 28.5 Å². The molecule has 0 aliphatic heterocycles. The van der Waals surface area contributed by atoms with Gasteiger partial charge in [-0.1, -0.05) is 85.1 Å². The number of rotatable bonds is 12. The molecule has 0 saturated heterocycles. The fourth-order valence-electron chi connectivity index (χ4n) is 4.07. The van der Waals surface area contributed by atoms with E-state index in [-0.39, 0.29) is 33.1 Å². The largest absolute Gasteiger partial charge is 0.354 e. The smallest absolute Gasteiger partial charge is 0.264 e.